The molecule has 0 saturated heterocycles. The van der Waals surface area contributed by atoms with Crippen molar-refractivity contribution >= 4 is 23.4 Å². The van der Waals surface area contributed by atoms with Crippen LogP contribution in [0, 0.1) is 5.92 Å². The third-order valence-electron chi connectivity index (χ3n) is 6.12. The van der Waals surface area contributed by atoms with E-state index in [9.17, 15) is 14.4 Å². The Morgan fingerprint density at radius 2 is 2.00 bits per heavy atom. The zero-order valence-corrected chi connectivity index (χ0v) is 20.9. The molecule has 3 atom stereocenters. The molecule has 1 aliphatic heterocycles. The fraction of sp³-hybridized carbons (Fsp3) is 0.480. The van der Waals surface area contributed by atoms with Crippen molar-refractivity contribution in [2.45, 2.75) is 39.3 Å². The van der Waals surface area contributed by atoms with Gasteiger partial charge in [0.15, 0.2) is 0 Å². The smallest absolute Gasteiger partial charge is 0.275 e. The lowest BCUT2D eigenvalue weighted by molar-refractivity contribution is -0.135. The maximum atomic E-state index is 13.3. The molecule has 10 heteroatoms. The van der Waals surface area contributed by atoms with Crippen LogP contribution in [0.3, 0.4) is 0 Å². The Morgan fingerprint density at radius 1 is 1.23 bits per heavy atom. The van der Waals surface area contributed by atoms with Gasteiger partial charge in [0.1, 0.15) is 18.1 Å². The minimum Gasteiger partial charge on any atom is -0.491 e. The molecule has 0 fully saturated rings. The van der Waals surface area contributed by atoms with Gasteiger partial charge in [0.05, 0.1) is 23.9 Å². The van der Waals surface area contributed by atoms with E-state index in [0.29, 0.717) is 36.5 Å². The second-order valence-corrected chi connectivity index (χ2v) is 8.75. The van der Waals surface area contributed by atoms with Crippen LogP contribution < -0.4 is 10.1 Å². The third-order valence-corrected chi connectivity index (χ3v) is 6.12. The van der Waals surface area contributed by atoms with Gasteiger partial charge in [-0.2, -0.15) is 0 Å². The molecule has 2 heterocycles. The molecule has 0 aliphatic carbocycles. The van der Waals surface area contributed by atoms with E-state index in [1.807, 2.05) is 20.8 Å². The van der Waals surface area contributed by atoms with Gasteiger partial charge in [0, 0.05) is 63.7 Å². The SMILES string of the molecule is CCC(=O)N1C[C@H](C)[C@H](OC)CN(C)C(=O)c2ccc(NC(=O)c3cnccn3)cc2OC[C@@H]1C. The summed E-state index contributed by atoms with van der Waals surface area (Å²) >= 11 is 0. The molecule has 188 valence electrons. The second kappa shape index (κ2) is 11.7. The zero-order chi connectivity index (χ0) is 25.5. The topological polar surface area (TPSA) is 114 Å². The summed E-state index contributed by atoms with van der Waals surface area (Å²) in [5.41, 5.74) is 0.965. The third kappa shape index (κ3) is 6.33. The van der Waals surface area contributed by atoms with Gasteiger partial charge in [-0.1, -0.05) is 13.8 Å². The van der Waals surface area contributed by atoms with Crippen LogP contribution in [0.25, 0.3) is 0 Å². The van der Waals surface area contributed by atoms with Crippen molar-refractivity contribution in [3.05, 3.63) is 48.0 Å². The number of nitrogens with zero attached hydrogens (tertiary/aromatic N) is 4. The predicted molar refractivity (Wildman–Crippen MR) is 130 cm³/mol. The molecule has 1 aromatic heterocycles. The van der Waals surface area contributed by atoms with Crippen LogP contribution in [-0.4, -0.2) is 83.5 Å². The largest absolute Gasteiger partial charge is 0.491 e. The number of amides is 3. The number of carbonyl (C=O) groups excluding carboxylic acids is 3. The molecule has 1 N–H and O–H groups in total. The van der Waals surface area contributed by atoms with Crippen LogP contribution in [0.1, 0.15) is 48.0 Å². The van der Waals surface area contributed by atoms with Gasteiger partial charge in [-0.3, -0.25) is 19.4 Å². The molecule has 0 radical (unpaired) electrons. The molecule has 1 aliphatic rings. The first-order chi connectivity index (χ1) is 16.7. The first-order valence-corrected chi connectivity index (χ1v) is 11.7. The molecular weight excluding hydrogens is 450 g/mol. The number of carbonyl (C=O) groups is 3. The van der Waals surface area contributed by atoms with E-state index < -0.39 is 5.91 Å². The summed E-state index contributed by atoms with van der Waals surface area (Å²) in [4.78, 5) is 49.8. The number of ether oxygens (including phenoxy) is 2. The average Bonchev–Trinajstić information content (AvgIpc) is 2.87. The number of hydrogen-bond donors (Lipinski definition) is 1. The maximum Gasteiger partial charge on any atom is 0.275 e. The van der Waals surface area contributed by atoms with Crippen molar-refractivity contribution in [1.29, 1.82) is 0 Å². The summed E-state index contributed by atoms with van der Waals surface area (Å²) in [7, 11) is 3.32. The number of fused-ring (bicyclic) bond motifs is 1. The summed E-state index contributed by atoms with van der Waals surface area (Å²) in [6, 6.07) is 4.63. The van der Waals surface area contributed by atoms with Crippen molar-refractivity contribution in [2.75, 3.05) is 39.2 Å². The summed E-state index contributed by atoms with van der Waals surface area (Å²) in [5.74, 6) is -0.312. The number of nitrogens with one attached hydrogen (secondary N) is 1. The highest BCUT2D eigenvalue weighted by Crippen LogP contribution is 2.27. The van der Waals surface area contributed by atoms with Crippen molar-refractivity contribution in [2.24, 2.45) is 5.92 Å². The highest BCUT2D eigenvalue weighted by Gasteiger charge is 2.30. The van der Waals surface area contributed by atoms with Crippen LogP contribution >= 0.6 is 0 Å². The quantitative estimate of drug-likeness (QED) is 0.711. The molecule has 2 aromatic rings. The minimum atomic E-state index is -0.431. The standard InChI is InChI=1S/C25H33N5O5/c1-6-23(31)30-13-16(2)22(34-5)14-29(4)25(33)19-8-7-18(11-21(19)35-15-17(30)3)28-24(32)20-12-26-9-10-27-20/h7-12,16-17,22H,6,13-15H2,1-5H3,(H,28,32)/t16-,17-,22+/m0/s1. The van der Waals surface area contributed by atoms with Gasteiger partial charge in [-0.15, -0.1) is 0 Å². The number of methoxy groups -OCH3 is 1. The predicted octanol–water partition coefficient (Wildman–Crippen LogP) is 2.47. The van der Waals surface area contributed by atoms with Gasteiger partial charge in [0.2, 0.25) is 5.91 Å². The molecule has 0 bridgehead atoms. The van der Waals surface area contributed by atoms with Crippen LogP contribution in [0.2, 0.25) is 0 Å². The monoisotopic (exact) mass is 483 g/mol. The average molecular weight is 484 g/mol. The van der Waals surface area contributed by atoms with Crippen molar-refractivity contribution in [3.8, 4) is 5.75 Å². The van der Waals surface area contributed by atoms with E-state index in [1.54, 1.807) is 42.2 Å². The number of likely N-dealkylation sites (N-methyl/N-ethyl adjacent to an activating group) is 1. The fourth-order valence-electron chi connectivity index (χ4n) is 4.01. The number of hydrogen-bond acceptors (Lipinski definition) is 7. The Morgan fingerprint density at radius 3 is 2.66 bits per heavy atom. The van der Waals surface area contributed by atoms with Gasteiger partial charge >= 0.3 is 0 Å². The summed E-state index contributed by atoms with van der Waals surface area (Å²) in [6.07, 6.45) is 4.41. The Labute approximate surface area is 205 Å². The summed E-state index contributed by atoms with van der Waals surface area (Å²) in [6.45, 7) is 6.78. The molecule has 3 rings (SSSR count). The molecule has 1 aromatic carbocycles. The highest BCUT2D eigenvalue weighted by atomic mass is 16.5. The molecule has 0 spiro atoms. The minimum absolute atomic E-state index is 0.00534. The lowest BCUT2D eigenvalue weighted by atomic mass is 10.0. The van der Waals surface area contributed by atoms with E-state index in [1.165, 1.54) is 18.6 Å². The second-order valence-electron chi connectivity index (χ2n) is 8.75. The van der Waals surface area contributed by atoms with Crippen LogP contribution in [0.5, 0.6) is 5.75 Å². The molecule has 35 heavy (non-hydrogen) atoms. The van der Waals surface area contributed by atoms with Gasteiger partial charge in [0.25, 0.3) is 11.8 Å². The van der Waals surface area contributed by atoms with E-state index in [4.69, 9.17) is 9.47 Å². The Hall–Kier alpha value is -3.53. The van der Waals surface area contributed by atoms with E-state index in [2.05, 4.69) is 15.3 Å². The Bertz CT molecular complexity index is 1050. The van der Waals surface area contributed by atoms with E-state index in [-0.39, 0.29) is 42.2 Å². The molecule has 0 unspecified atom stereocenters. The van der Waals surface area contributed by atoms with Crippen LogP contribution in [0.15, 0.2) is 36.8 Å². The van der Waals surface area contributed by atoms with Gasteiger partial charge in [-0.05, 0) is 19.1 Å². The number of anilines is 1. The van der Waals surface area contributed by atoms with Crippen LogP contribution in [-0.2, 0) is 9.53 Å². The summed E-state index contributed by atoms with van der Waals surface area (Å²) in [5, 5.41) is 2.76. The van der Waals surface area contributed by atoms with E-state index >= 15 is 0 Å². The molecule has 10 nitrogen and oxygen atoms in total. The Balaban J connectivity index is 1.94. The zero-order valence-electron chi connectivity index (χ0n) is 20.9. The first kappa shape index (κ1) is 26.1. The lowest BCUT2D eigenvalue weighted by Gasteiger charge is -2.36. The first-order valence-electron chi connectivity index (χ1n) is 11.7. The summed E-state index contributed by atoms with van der Waals surface area (Å²) < 4.78 is 11.8. The van der Waals surface area contributed by atoms with Gasteiger partial charge in [-0.25, -0.2) is 4.98 Å². The highest BCUT2D eigenvalue weighted by molar-refractivity contribution is 6.03. The van der Waals surface area contributed by atoms with E-state index in [0.717, 1.165) is 0 Å². The van der Waals surface area contributed by atoms with Crippen molar-refractivity contribution in [1.82, 2.24) is 19.8 Å². The fourth-order valence-corrected chi connectivity index (χ4v) is 4.01. The number of aromatic nitrogens is 2. The lowest BCUT2D eigenvalue weighted by Crippen LogP contribution is -2.48. The number of rotatable bonds is 4. The molecule has 0 saturated carbocycles. The van der Waals surface area contributed by atoms with Gasteiger partial charge < -0.3 is 24.6 Å². The molecule has 3 amide bonds. The number of benzene rings is 1. The Kier molecular flexibility index (Phi) is 8.75. The molecular formula is C25H33N5O5. The van der Waals surface area contributed by atoms with Crippen molar-refractivity contribution < 1.29 is 23.9 Å². The van der Waals surface area contributed by atoms with Crippen LogP contribution in [0.4, 0.5) is 5.69 Å². The van der Waals surface area contributed by atoms with Crippen molar-refractivity contribution in [3.63, 3.8) is 0 Å². The maximum absolute atomic E-state index is 13.3. The normalized spacial score (nSPS) is 21.3.